The molecule has 0 bridgehead atoms. The number of hydrogen-bond acceptors (Lipinski definition) is 4. The summed E-state index contributed by atoms with van der Waals surface area (Å²) in [5.74, 6) is 0.174. The van der Waals surface area contributed by atoms with Crippen molar-refractivity contribution in [1.82, 2.24) is 20.2 Å². The molecule has 4 rings (SSSR count). The molecule has 2 aliphatic rings. The van der Waals surface area contributed by atoms with Gasteiger partial charge in [0.1, 0.15) is 17.7 Å². The SMILES string of the molecule is O=C(NCc1nc2ccc(F)cc2[nH]1)C1CCN(C(=O)[C@@H]2CCCO2)CC1. The number of benzene rings is 1. The number of rotatable bonds is 4. The number of likely N-dealkylation sites (tertiary alicyclic amines) is 1. The van der Waals surface area contributed by atoms with Crippen molar-refractivity contribution in [2.75, 3.05) is 19.7 Å². The van der Waals surface area contributed by atoms with Crippen LogP contribution in [-0.4, -0.2) is 52.5 Å². The van der Waals surface area contributed by atoms with E-state index < -0.39 is 0 Å². The molecule has 2 aliphatic heterocycles. The van der Waals surface area contributed by atoms with Gasteiger partial charge >= 0.3 is 0 Å². The Labute approximate surface area is 156 Å². The summed E-state index contributed by atoms with van der Waals surface area (Å²) in [6.07, 6.45) is 2.73. The van der Waals surface area contributed by atoms with Crippen LogP contribution in [0, 0.1) is 11.7 Å². The summed E-state index contributed by atoms with van der Waals surface area (Å²) in [6.45, 7) is 2.09. The third-order valence-electron chi connectivity index (χ3n) is 5.31. The minimum absolute atomic E-state index is 0.0362. The van der Waals surface area contributed by atoms with E-state index in [2.05, 4.69) is 15.3 Å². The maximum atomic E-state index is 13.2. The van der Waals surface area contributed by atoms with Gasteiger partial charge in [0, 0.05) is 25.6 Å². The van der Waals surface area contributed by atoms with Gasteiger partial charge in [-0.1, -0.05) is 0 Å². The van der Waals surface area contributed by atoms with E-state index in [9.17, 15) is 14.0 Å². The number of imidazole rings is 1. The molecule has 3 heterocycles. The molecule has 2 saturated heterocycles. The molecule has 1 atom stereocenters. The highest BCUT2D eigenvalue weighted by atomic mass is 19.1. The number of nitrogens with zero attached hydrogens (tertiary/aromatic N) is 2. The zero-order valence-electron chi connectivity index (χ0n) is 15.0. The maximum Gasteiger partial charge on any atom is 0.251 e. The summed E-state index contributed by atoms with van der Waals surface area (Å²) in [5, 5.41) is 2.89. The van der Waals surface area contributed by atoms with E-state index in [0.29, 0.717) is 49.4 Å². The van der Waals surface area contributed by atoms with Crippen LogP contribution in [0.1, 0.15) is 31.5 Å². The summed E-state index contributed by atoms with van der Waals surface area (Å²) in [5.41, 5.74) is 1.28. The number of ether oxygens (including phenoxy) is 1. The third kappa shape index (κ3) is 3.95. The minimum atomic E-state index is -0.328. The standard InChI is InChI=1S/C19H23FN4O3/c20-13-3-4-14-15(10-13)23-17(22-14)11-21-18(25)12-5-7-24(8-6-12)19(26)16-2-1-9-27-16/h3-4,10,12,16H,1-2,5-9,11H2,(H,21,25)(H,22,23)/t16-/m0/s1. The van der Waals surface area contributed by atoms with Crippen LogP contribution in [0.2, 0.25) is 0 Å². The second-order valence-corrected chi connectivity index (χ2v) is 7.16. The highest BCUT2D eigenvalue weighted by molar-refractivity contribution is 5.82. The molecule has 1 aromatic carbocycles. The molecule has 2 N–H and O–H groups in total. The molecule has 0 saturated carbocycles. The number of piperidine rings is 1. The Morgan fingerprint density at radius 1 is 1.30 bits per heavy atom. The fourth-order valence-electron chi connectivity index (χ4n) is 3.77. The fourth-order valence-corrected chi connectivity index (χ4v) is 3.77. The van der Waals surface area contributed by atoms with E-state index in [0.717, 1.165) is 12.8 Å². The number of halogens is 1. The normalized spacial score (nSPS) is 20.9. The van der Waals surface area contributed by atoms with Gasteiger partial charge in [-0.2, -0.15) is 0 Å². The highest BCUT2D eigenvalue weighted by Crippen LogP contribution is 2.21. The van der Waals surface area contributed by atoms with Gasteiger partial charge in [-0.3, -0.25) is 9.59 Å². The Hall–Kier alpha value is -2.48. The van der Waals surface area contributed by atoms with E-state index in [1.54, 1.807) is 6.07 Å². The van der Waals surface area contributed by atoms with E-state index in [1.165, 1.54) is 12.1 Å². The van der Waals surface area contributed by atoms with Gasteiger partial charge in [0.2, 0.25) is 5.91 Å². The van der Waals surface area contributed by atoms with Crippen molar-refractivity contribution in [3.8, 4) is 0 Å². The topological polar surface area (TPSA) is 87.3 Å². The first-order chi connectivity index (χ1) is 13.1. The Balaban J connectivity index is 1.27. The third-order valence-corrected chi connectivity index (χ3v) is 5.31. The highest BCUT2D eigenvalue weighted by Gasteiger charge is 2.32. The number of aromatic amines is 1. The van der Waals surface area contributed by atoms with Crippen molar-refractivity contribution >= 4 is 22.8 Å². The Bertz CT molecular complexity index is 839. The Kier molecular flexibility index (Phi) is 5.07. The maximum absolute atomic E-state index is 13.2. The second-order valence-electron chi connectivity index (χ2n) is 7.16. The van der Waals surface area contributed by atoms with Gasteiger partial charge < -0.3 is 19.9 Å². The number of hydrogen-bond donors (Lipinski definition) is 2. The predicted octanol–water partition coefficient (Wildman–Crippen LogP) is 1.74. The van der Waals surface area contributed by atoms with Crippen LogP contribution >= 0.6 is 0 Å². The first-order valence-corrected chi connectivity index (χ1v) is 9.42. The summed E-state index contributed by atoms with van der Waals surface area (Å²) in [6, 6.07) is 4.35. The summed E-state index contributed by atoms with van der Waals surface area (Å²) in [4.78, 5) is 34.0. The average molecular weight is 374 g/mol. The molecule has 2 fully saturated rings. The number of aromatic nitrogens is 2. The van der Waals surface area contributed by atoms with Crippen LogP contribution < -0.4 is 5.32 Å². The minimum Gasteiger partial charge on any atom is -0.368 e. The van der Waals surface area contributed by atoms with Gasteiger partial charge in [0.15, 0.2) is 0 Å². The van der Waals surface area contributed by atoms with Crippen LogP contribution in [0.3, 0.4) is 0 Å². The first kappa shape index (κ1) is 17.9. The summed E-state index contributed by atoms with van der Waals surface area (Å²) in [7, 11) is 0. The van der Waals surface area contributed by atoms with Crippen molar-refractivity contribution in [3.05, 3.63) is 29.8 Å². The van der Waals surface area contributed by atoms with Gasteiger partial charge in [0.05, 0.1) is 17.6 Å². The largest absolute Gasteiger partial charge is 0.368 e. The fraction of sp³-hybridized carbons (Fsp3) is 0.526. The second kappa shape index (κ2) is 7.64. The molecule has 0 radical (unpaired) electrons. The predicted molar refractivity (Wildman–Crippen MR) is 96.2 cm³/mol. The lowest BCUT2D eigenvalue weighted by Crippen LogP contribution is -2.46. The monoisotopic (exact) mass is 374 g/mol. The van der Waals surface area contributed by atoms with Gasteiger partial charge in [0.25, 0.3) is 5.91 Å². The molecule has 27 heavy (non-hydrogen) atoms. The van der Waals surface area contributed by atoms with E-state index in [4.69, 9.17) is 4.74 Å². The summed E-state index contributed by atoms with van der Waals surface area (Å²) >= 11 is 0. The van der Waals surface area contributed by atoms with Crippen molar-refractivity contribution in [2.24, 2.45) is 5.92 Å². The molecule has 0 spiro atoms. The van der Waals surface area contributed by atoms with Crippen molar-refractivity contribution in [3.63, 3.8) is 0 Å². The average Bonchev–Trinajstić information content (AvgIpc) is 3.35. The smallest absolute Gasteiger partial charge is 0.251 e. The Morgan fingerprint density at radius 3 is 2.85 bits per heavy atom. The lowest BCUT2D eigenvalue weighted by atomic mass is 9.95. The number of carbonyl (C=O) groups excluding carboxylic acids is 2. The van der Waals surface area contributed by atoms with E-state index in [1.807, 2.05) is 4.90 Å². The van der Waals surface area contributed by atoms with E-state index >= 15 is 0 Å². The number of carbonyl (C=O) groups is 2. The quantitative estimate of drug-likeness (QED) is 0.853. The molecule has 0 unspecified atom stereocenters. The molecule has 0 aliphatic carbocycles. The molecule has 2 amide bonds. The van der Waals surface area contributed by atoms with Crippen LogP contribution in [0.25, 0.3) is 11.0 Å². The van der Waals surface area contributed by atoms with E-state index in [-0.39, 0.29) is 36.2 Å². The zero-order chi connectivity index (χ0) is 18.8. The van der Waals surface area contributed by atoms with Gasteiger partial charge in [-0.15, -0.1) is 0 Å². The van der Waals surface area contributed by atoms with Crippen molar-refractivity contribution in [2.45, 2.75) is 38.3 Å². The van der Waals surface area contributed by atoms with Crippen LogP contribution in [0.15, 0.2) is 18.2 Å². The van der Waals surface area contributed by atoms with Crippen LogP contribution in [0.4, 0.5) is 4.39 Å². The lowest BCUT2D eigenvalue weighted by Gasteiger charge is -2.32. The molecule has 8 heteroatoms. The number of nitrogens with one attached hydrogen (secondary N) is 2. The van der Waals surface area contributed by atoms with Crippen molar-refractivity contribution < 1.29 is 18.7 Å². The molecular weight excluding hydrogens is 351 g/mol. The Morgan fingerprint density at radius 2 is 2.11 bits per heavy atom. The van der Waals surface area contributed by atoms with Crippen LogP contribution in [0.5, 0.6) is 0 Å². The van der Waals surface area contributed by atoms with Crippen molar-refractivity contribution in [1.29, 1.82) is 0 Å². The summed E-state index contributed by atoms with van der Waals surface area (Å²) < 4.78 is 18.7. The molecule has 1 aromatic heterocycles. The lowest BCUT2D eigenvalue weighted by molar-refractivity contribution is -0.143. The molecule has 7 nitrogen and oxygen atoms in total. The molecule has 2 aromatic rings. The molecular formula is C19H23FN4O3. The van der Waals surface area contributed by atoms with Gasteiger partial charge in [-0.05, 0) is 43.9 Å². The zero-order valence-corrected chi connectivity index (χ0v) is 15.0. The molecule has 144 valence electrons. The van der Waals surface area contributed by atoms with Crippen LogP contribution in [-0.2, 0) is 20.9 Å². The first-order valence-electron chi connectivity index (χ1n) is 9.42. The number of H-pyrrole nitrogens is 1. The van der Waals surface area contributed by atoms with Gasteiger partial charge in [-0.25, -0.2) is 9.37 Å². The number of fused-ring (bicyclic) bond motifs is 1. The number of amides is 2.